The fourth-order valence-corrected chi connectivity index (χ4v) is 1.72. The maximum atomic E-state index is 11.1. The van der Waals surface area contributed by atoms with Crippen LogP contribution >= 0.6 is 15.9 Å². The molecule has 0 amide bonds. The highest BCUT2D eigenvalue weighted by atomic mass is 79.9. The molecule has 0 aliphatic heterocycles. The van der Waals surface area contributed by atoms with E-state index in [2.05, 4.69) is 15.9 Å². The second-order valence-corrected chi connectivity index (χ2v) is 3.56. The Morgan fingerprint density at radius 3 is 2.79 bits per heavy atom. The van der Waals surface area contributed by atoms with Gasteiger partial charge >= 0.3 is 5.97 Å². The minimum absolute atomic E-state index is 0.195. The fraction of sp³-hybridized carbons (Fsp3) is 0.364. The van der Waals surface area contributed by atoms with Gasteiger partial charge in [0, 0.05) is 11.8 Å². The summed E-state index contributed by atoms with van der Waals surface area (Å²) in [6, 6.07) is 5.71. The number of halogens is 1. The second-order valence-electron chi connectivity index (χ2n) is 3.00. The van der Waals surface area contributed by atoms with Crippen LogP contribution in [0.2, 0.25) is 0 Å². The van der Waals surface area contributed by atoms with Crippen LogP contribution in [0.1, 0.15) is 24.5 Å². The Bertz CT molecular complexity index is 334. The second kappa shape index (κ2) is 5.15. The molecule has 0 aromatic heterocycles. The number of carbonyl (C=O) groups is 1. The van der Waals surface area contributed by atoms with Gasteiger partial charge in [0.1, 0.15) is 5.75 Å². The van der Waals surface area contributed by atoms with Crippen LogP contribution in [0.25, 0.3) is 0 Å². The number of esters is 1. The van der Waals surface area contributed by atoms with Crippen LogP contribution in [0.15, 0.2) is 18.2 Å². The molecule has 1 aromatic carbocycles. The lowest BCUT2D eigenvalue weighted by atomic mass is 10.1. The van der Waals surface area contributed by atoms with Crippen LogP contribution in [0.5, 0.6) is 5.75 Å². The SMILES string of the molecule is CCC(=O)Oc1cccc(CBr)c1C. The summed E-state index contributed by atoms with van der Waals surface area (Å²) in [4.78, 5) is 11.1. The molecule has 0 radical (unpaired) electrons. The van der Waals surface area contributed by atoms with E-state index in [0.29, 0.717) is 12.2 Å². The molecule has 0 aliphatic rings. The van der Waals surface area contributed by atoms with E-state index >= 15 is 0 Å². The standard InChI is InChI=1S/C11H13BrO2/c1-3-11(13)14-10-6-4-5-9(7-12)8(10)2/h4-6H,3,7H2,1-2H3. The Morgan fingerprint density at radius 2 is 2.21 bits per heavy atom. The van der Waals surface area contributed by atoms with Crippen molar-refractivity contribution in [2.75, 3.05) is 0 Å². The average Bonchev–Trinajstić information content (AvgIpc) is 2.21. The van der Waals surface area contributed by atoms with Crippen molar-refractivity contribution in [2.45, 2.75) is 25.6 Å². The monoisotopic (exact) mass is 256 g/mol. The number of hydrogen-bond donors (Lipinski definition) is 0. The molecular weight excluding hydrogens is 244 g/mol. The van der Waals surface area contributed by atoms with Gasteiger partial charge in [-0.3, -0.25) is 4.79 Å². The van der Waals surface area contributed by atoms with E-state index < -0.39 is 0 Å². The van der Waals surface area contributed by atoms with Crippen LogP contribution in [0, 0.1) is 6.92 Å². The van der Waals surface area contributed by atoms with Crippen molar-refractivity contribution in [1.82, 2.24) is 0 Å². The summed E-state index contributed by atoms with van der Waals surface area (Å²) in [5.74, 6) is 0.466. The van der Waals surface area contributed by atoms with Crippen LogP contribution in [0.4, 0.5) is 0 Å². The molecule has 0 bridgehead atoms. The molecule has 0 heterocycles. The number of carbonyl (C=O) groups excluding carboxylic acids is 1. The third-order valence-electron chi connectivity index (χ3n) is 2.05. The summed E-state index contributed by atoms with van der Waals surface area (Å²) in [7, 11) is 0. The van der Waals surface area contributed by atoms with Gasteiger partial charge in [0.2, 0.25) is 0 Å². The molecular formula is C11H13BrO2. The van der Waals surface area contributed by atoms with Crippen molar-refractivity contribution in [3.8, 4) is 5.75 Å². The van der Waals surface area contributed by atoms with Crippen molar-refractivity contribution in [3.05, 3.63) is 29.3 Å². The summed E-state index contributed by atoms with van der Waals surface area (Å²) in [5.41, 5.74) is 2.16. The zero-order valence-electron chi connectivity index (χ0n) is 8.34. The van der Waals surface area contributed by atoms with Gasteiger partial charge in [0.05, 0.1) is 0 Å². The predicted octanol–water partition coefficient (Wildman–Crippen LogP) is 3.21. The molecule has 1 aromatic rings. The minimum Gasteiger partial charge on any atom is -0.426 e. The zero-order chi connectivity index (χ0) is 10.6. The van der Waals surface area contributed by atoms with Crippen LogP contribution in [0.3, 0.4) is 0 Å². The molecule has 1 rings (SSSR count). The minimum atomic E-state index is -0.195. The third-order valence-corrected chi connectivity index (χ3v) is 2.66. The first-order valence-corrected chi connectivity index (χ1v) is 5.66. The highest BCUT2D eigenvalue weighted by Gasteiger charge is 2.07. The molecule has 0 saturated carbocycles. The van der Waals surface area contributed by atoms with E-state index in [1.54, 1.807) is 6.92 Å². The van der Waals surface area contributed by atoms with Gasteiger partial charge in [-0.25, -0.2) is 0 Å². The van der Waals surface area contributed by atoms with Gasteiger partial charge < -0.3 is 4.74 Å². The average molecular weight is 257 g/mol. The van der Waals surface area contributed by atoms with E-state index in [9.17, 15) is 4.79 Å². The van der Waals surface area contributed by atoms with E-state index in [1.807, 2.05) is 25.1 Å². The maximum Gasteiger partial charge on any atom is 0.310 e. The first-order valence-electron chi connectivity index (χ1n) is 4.54. The van der Waals surface area contributed by atoms with E-state index in [-0.39, 0.29) is 5.97 Å². The zero-order valence-corrected chi connectivity index (χ0v) is 9.93. The first kappa shape index (κ1) is 11.2. The highest BCUT2D eigenvalue weighted by molar-refractivity contribution is 9.08. The van der Waals surface area contributed by atoms with Crippen molar-refractivity contribution >= 4 is 21.9 Å². The molecule has 2 nitrogen and oxygen atoms in total. The molecule has 3 heteroatoms. The van der Waals surface area contributed by atoms with Gasteiger partial charge in [0.15, 0.2) is 0 Å². The van der Waals surface area contributed by atoms with Gasteiger partial charge in [0.25, 0.3) is 0 Å². The molecule has 0 saturated heterocycles. The number of ether oxygens (including phenoxy) is 1. The van der Waals surface area contributed by atoms with Crippen LogP contribution in [-0.4, -0.2) is 5.97 Å². The number of benzene rings is 1. The Balaban J connectivity index is 2.92. The number of rotatable bonds is 3. The lowest BCUT2D eigenvalue weighted by molar-refractivity contribution is -0.134. The highest BCUT2D eigenvalue weighted by Crippen LogP contribution is 2.23. The molecule has 0 fully saturated rings. The first-order chi connectivity index (χ1) is 6.69. The van der Waals surface area contributed by atoms with Crippen molar-refractivity contribution in [3.63, 3.8) is 0 Å². The lowest BCUT2D eigenvalue weighted by Gasteiger charge is -2.08. The van der Waals surface area contributed by atoms with Crippen molar-refractivity contribution < 1.29 is 9.53 Å². The topological polar surface area (TPSA) is 26.3 Å². The predicted molar refractivity (Wildman–Crippen MR) is 59.7 cm³/mol. The van der Waals surface area contributed by atoms with Gasteiger partial charge in [-0.1, -0.05) is 35.0 Å². The molecule has 14 heavy (non-hydrogen) atoms. The molecule has 0 atom stereocenters. The fourth-order valence-electron chi connectivity index (χ4n) is 1.11. The molecule has 76 valence electrons. The third kappa shape index (κ3) is 2.58. The Hall–Kier alpha value is -0.830. The van der Waals surface area contributed by atoms with Crippen molar-refractivity contribution in [2.24, 2.45) is 0 Å². The quantitative estimate of drug-likeness (QED) is 0.472. The largest absolute Gasteiger partial charge is 0.426 e. The van der Waals surface area contributed by atoms with Crippen LogP contribution < -0.4 is 4.74 Å². The smallest absolute Gasteiger partial charge is 0.310 e. The number of alkyl halides is 1. The molecule has 0 N–H and O–H groups in total. The summed E-state index contributed by atoms with van der Waals surface area (Å²) in [6.07, 6.45) is 0.401. The lowest BCUT2D eigenvalue weighted by Crippen LogP contribution is -2.07. The summed E-state index contributed by atoms with van der Waals surface area (Å²) in [6.45, 7) is 3.74. The summed E-state index contributed by atoms with van der Waals surface area (Å²) < 4.78 is 5.18. The molecule has 0 spiro atoms. The Kier molecular flexibility index (Phi) is 4.14. The van der Waals surface area contributed by atoms with E-state index in [1.165, 1.54) is 0 Å². The van der Waals surface area contributed by atoms with Crippen LogP contribution in [-0.2, 0) is 10.1 Å². The summed E-state index contributed by atoms with van der Waals surface area (Å²) >= 11 is 3.39. The van der Waals surface area contributed by atoms with Gasteiger partial charge in [-0.15, -0.1) is 0 Å². The molecule has 0 unspecified atom stereocenters. The van der Waals surface area contributed by atoms with Gasteiger partial charge in [-0.05, 0) is 24.1 Å². The normalized spacial score (nSPS) is 9.93. The number of hydrogen-bond acceptors (Lipinski definition) is 2. The van der Waals surface area contributed by atoms with Crippen molar-refractivity contribution in [1.29, 1.82) is 0 Å². The Labute approximate surface area is 92.4 Å². The Morgan fingerprint density at radius 1 is 1.50 bits per heavy atom. The van der Waals surface area contributed by atoms with E-state index in [4.69, 9.17) is 4.74 Å². The maximum absolute atomic E-state index is 11.1. The summed E-state index contributed by atoms with van der Waals surface area (Å²) in [5, 5.41) is 0.774. The molecule has 0 aliphatic carbocycles. The van der Waals surface area contributed by atoms with E-state index in [0.717, 1.165) is 16.5 Å². The van der Waals surface area contributed by atoms with Gasteiger partial charge in [-0.2, -0.15) is 0 Å².